The SMILES string of the molecule is CCCCCCCCCCCCCCCCCCCCCCCCC(=O)O[C@H](COC(=O)CCCCCCCCCCCCCCCCCC(C)C)COP(=O)(O)OC[C@@H](O)COP(=O)(O)OC[C@@H](COC(=O)CCCCCCCCCCCCCCC)OC(=O)CCCCCCCCCCCCCCCCCC(C)C. The van der Waals surface area contributed by atoms with Gasteiger partial charge in [-0.2, -0.15) is 0 Å². The van der Waals surface area contributed by atoms with Crippen LogP contribution in [-0.2, 0) is 65.4 Å². The number of carbonyl (C=O) groups excluding carboxylic acids is 4. The summed E-state index contributed by atoms with van der Waals surface area (Å²) in [6.45, 7) is 9.77. The highest BCUT2D eigenvalue weighted by atomic mass is 31.2. The molecule has 0 aliphatic rings. The van der Waals surface area contributed by atoms with E-state index in [2.05, 4.69) is 41.5 Å². The molecule has 0 rings (SSSR count). The van der Waals surface area contributed by atoms with Crippen LogP contribution < -0.4 is 0 Å². The highest BCUT2D eigenvalue weighted by Crippen LogP contribution is 2.45. The second-order valence-electron chi connectivity index (χ2n) is 34.0. The standard InChI is InChI=1S/C92H180O17P2/c1-7-9-11-13-15-17-19-21-22-23-24-25-26-27-28-33-40-46-52-58-64-70-76-91(96)109-88(81-103-90(95)75-69-63-57-51-45-39-34-29-31-37-42-48-54-60-66-72-84(3)4)83-107-111(100,101)105-79-86(93)78-104-110(98,99)106-82-87(80-102-89(94)74-68-62-56-50-44-36-20-18-16-14-12-10-8-2)108-92(97)77-71-65-59-53-47-41-35-30-32-38-43-49-55-61-67-73-85(5)6/h84-88,93H,7-83H2,1-6H3,(H,98,99)(H,100,101)/t86-,87+,88+/m0/s1. The number of esters is 4. The number of aliphatic hydroxyl groups is 1. The lowest BCUT2D eigenvalue weighted by Crippen LogP contribution is -2.30. The molecule has 0 aliphatic heterocycles. The number of unbranched alkanes of at least 4 members (excludes halogenated alkanes) is 61. The van der Waals surface area contributed by atoms with Gasteiger partial charge in [-0.05, 0) is 37.5 Å². The summed E-state index contributed by atoms with van der Waals surface area (Å²) < 4.78 is 69.1. The summed E-state index contributed by atoms with van der Waals surface area (Å²) in [4.78, 5) is 73.5. The number of rotatable bonds is 91. The van der Waals surface area contributed by atoms with E-state index in [0.717, 1.165) is 102 Å². The molecule has 660 valence electrons. The molecule has 0 spiro atoms. The Morgan fingerprint density at radius 3 is 0.613 bits per heavy atom. The second kappa shape index (κ2) is 83.1. The Hall–Kier alpha value is -1.94. The van der Waals surface area contributed by atoms with Gasteiger partial charge in [0.15, 0.2) is 12.2 Å². The maximum atomic E-state index is 13.2. The predicted molar refractivity (Wildman–Crippen MR) is 460 cm³/mol. The first-order chi connectivity index (χ1) is 53.9. The molecule has 17 nitrogen and oxygen atoms in total. The van der Waals surface area contributed by atoms with Gasteiger partial charge >= 0.3 is 39.5 Å². The normalized spacial score (nSPS) is 13.7. The molecule has 0 fully saturated rings. The first-order valence-electron chi connectivity index (χ1n) is 47.5. The van der Waals surface area contributed by atoms with Crippen LogP contribution in [0.25, 0.3) is 0 Å². The van der Waals surface area contributed by atoms with Gasteiger partial charge in [0.2, 0.25) is 0 Å². The zero-order chi connectivity index (χ0) is 81.3. The fourth-order valence-electron chi connectivity index (χ4n) is 14.5. The van der Waals surface area contributed by atoms with Crippen molar-refractivity contribution in [2.45, 2.75) is 516 Å². The average molecular weight is 1620 g/mol. The van der Waals surface area contributed by atoms with E-state index in [9.17, 15) is 43.2 Å². The van der Waals surface area contributed by atoms with E-state index < -0.39 is 97.5 Å². The van der Waals surface area contributed by atoms with Crippen LogP contribution in [0, 0.1) is 11.8 Å². The van der Waals surface area contributed by atoms with E-state index in [0.29, 0.717) is 25.7 Å². The highest BCUT2D eigenvalue weighted by molar-refractivity contribution is 7.47. The van der Waals surface area contributed by atoms with E-state index >= 15 is 0 Å². The van der Waals surface area contributed by atoms with Crippen molar-refractivity contribution in [3.8, 4) is 0 Å². The molecular weight excluding hydrogens is 1440 g/mol. The summed E-state index contributed by atoms with van der Waals surface area (Å²) in [6, 6.07) is 0. The van der Waals surface area contributed by atoms with Crippen molar-refractivity contribution in [2.75, 3.05) is 39.6 Å². The Morgan fingerprint density at radius 1 is 0.243 bits per heavy atom. The molecule has 0 radical (unpaired) electrons. The van der Waals surface area contributed by atoms with Crippen molar-refractivity contribution >= 4 is 39.5 Å². The number of phosphoric acid groups is 2. The minimum absolute atomic E-state index is 0.109. The number of hydrogen-bond donors (Lipinski definition) is 3. The summed E-state index contributed by atoms with van der Waals surface area (Å²) in [5.41, 5.74) is 0. The number of carbonyl (C=O) groups is 4. The van der Waals surface area contributed by atoms with Crippen molar-refractivity contribution in [1.82, 2.24) is 0 Å². The number of hydrogen-bond acceptors (Lipinski definition) is 15. The molecule has 0 saturated heterocycles. The summed E-state index contributed by atoms with van der Waals surface area (Å²) in [6.07, 6.45) is 77.8. The zero-order valence-corrected chi connectivity index (χ0v) is 75.1. The fraction of sp³-hybridized carbons (Fsp3) is 0.957. The Morgan fingerprint density at radius 2 is 0.414 bits per heavy atom. The largest absolute Gasteiger partial charge is 0.472 e. The molecular formula is C92H180O17P2. The van der Waals surface area contributed by atoms with E-state index in [4.69, 9.17) is 37.0 Å². The van der Waals surface area contributed by atoms with Crippen LogP contribution in [0.4, 0.5) is 0 Å². The third-order valence-corrected chi connectivity index (χ3v) is 23.6. The van der Waals surface area contributed by atoms with Crippen molar-refractivity contribution in [2.24, 2.45) is 11.8 Å². The molecule has 0 heterocycles. The van der Waals surface area contributed by atoms with Gasteiger partial charge in [0.1, 0.15) is 19.3 Å². The molecule has 0 aromatic rings. The van der Waals surface area contributed by atoms with Crippen molar-refractivity contribution < 1.29 is 80.2 Å². The molecule has 0 aliphatic carbocycles. The summed E-state index contributed by atoms with van der Waals surface area (Å²) in [5.74, 6) is -0.484. The molecule has 0 bridgehead atoms. The highest BCUT2D eigenvalue weighted by Gasteiger charge is 2.31. The van der Waals surface area contributed by atoms with Crippen molar-refractivity contribution in [3.63, 3.8) is 0 Å². The minimum Gasteiger partial charge on any atom is -0.462 e. The maximum Gasteiger partial charge on any atom is 0.472 e. The Balaban J connectivity index is 5.25. The van der Waals surface area contributed by atoms with Gasteiger partial charge in [0.05, 0.1) is 26.4 Å². The fourth-order valence-corrected chi connectivity index (χ4v) is 16.1. The van der Waals surface area contributed by atoms with Crippen molar-refractivity contribution in [1.29, 1.82) is 0 Å². The number of ether oxygens (including phenoxy) is 4. The molecule has 111 heavy (non-hydrogen) atoms. The van der Waals surface area contributed by atoms with Gasteiger partial charge in [-0.25, -0.2) is 9.13 Å². The van der Waals surface area contributed by atoms with Gasteiger partial charge in [-0.3, -0.25) is 37.3 Å². The van der Waals surface area contributed by atoms with E-state index in [1.165, 1.54) is 315 Å². The molecule has 0 amide bonds. The first-order valence-corrected chi connectivity index (χ1v) is 50.5. The molecule has 5 atom stereocenters. The summed E-state index contributed by atoms with van der Waals surface area (Å²) >= 11 is 0. The van der Waals surface area contributed by atoms with Crippen LogP contribution in [0.2, 0.25) is 0 Å². The molecule has 19 heteroatoms. The number of phosphoric ester groups is 2. The van der Waals surface area contributed by atoms with Crippen LogP contribution in [-0.4, -0.2) is 96.7 Å². The predicted octanol–water partition coefficient (Wildman–Crippen LogP) is 28.6. The molecule has 3 N–H and O–H groups in total. The lowest BCUT2D eigenvalue weighted by Gasteiger charge is -2.21. The van der Waals surface area contributed by atoms with Crippen LogP contribution in [0.15, 0.2) is 0 Å². The molecule has 2 unspecified atom stereocenters. The van der Waals surface area contributed by atoms with Crippen LogP contribution >= 0.6 is 15.6 Å². The van der Waals surface area contributed by atoms with E-state index in [1.807, 2.05) is 0 Å². The van der Waals surface area contributed by atoms with Crippen LogP contribution in [0.3, 0.4) is 0 Å². The quantitative estimate of drug-likeness (QED) is 0.0222. The van der Waals surface area contributed by atoms with Gasteiger partial charge in [-0.15, -0.1) is 0 Å². The minimum atomic E-state index is -4.97. The molecule has 0 aromatic carbocycles. The third kappa shape index (κ3) is 85.8. The van der Waals surface area contributed by atoms with Crippen LogP contribution in [0.1, 0.15) is 497 Å². The van der Waals surface area contributed by atoms with Crippen molar-refractivity contribution in [3.05, 3.63) is 0 Å². The monoisotopic (exact) mass is 1620 g/mol. The third-order valence-electron chi connectivity index (χ3n) is 21.7. The summed E-state index contributed by atoms with van der Waals surface area (Å²) in [5, 5.41) is 10.7. The van der Waals surface area contributed by atoms with Gasteiger partial charge < -0.3 is 33.8 Å². The Bertz CT molecular complexity index is 2120. The maximum absolute atomic E-state index is 13.2. The smallest absolute Gasteiger partial charge is 0.462 e. The lowest BCUT2D eigenvalue weighted by molar-refractivity contribution is -0.161. The topological polar surface area (TPSA) is 237 Å². The number of aliphatic hydroxyl groups excluding tert-OH is 1. The molecule has 0 saturated carbocycles. The Kier molecular flexibility index (Phi) is 81.7. The van der Waals surface area contributed by atoms with Gasteiger partial charge in [-0.1, -0.05) is 446 Å². The second-order valence-corrected chi connectivity index (χ2v) is 36.9. The summed E-state index contributed by atoms with van der Waals surface area (Å²) in [7, 11) is -9.94. The lowest BCUT2D eigenvalue weighted by atomic mass is 10.0. The Labute approximate surface area is 683 Å². The van der Waals surface area contributed by atoms with E-state index in [-0.39, 0.29) is 25.7 Å². The van der Waals surface area contributed by atoms with E-state index in [1.54, 1.807) is 0 Å². The zero-order valence-electron chi connectivity index (χ0n) is 73.3. The molecule has 0 aromatic heterocycles. The van der Waals surface area contributed by atoms with Gasteiger partial charge in [0, 0.05) is 25.7 Å². The van der Waals surface area contributed by atoms with Crippen LogP contribution in [0.5, 0.6) is 0 Å². The average Bonchev–Trinajstić information content (AvgIpc) is 0.899. The van der Waals surface area contributed by atoms with Gasteiger partial charge in [0.25, 0.3) is 0 Å². The first kappa shape index (κ1) is 109.